The molecule has 2 amide bonds. The van der Waals surface area contributed by atoms with Crippen molar-refractivity contribution in [1.82, 2.24) is 15.1 Å². The summed E-state index contributed by atoms with van der Waals surface area (Å²) in [5.41, 5.74) is 0.863. The highest BCUT2D eigenvalue weighted by Crippen LogP contribution is 2.44. The molecular weight excluding hydrogens is 577 g/mol. The van der Waals surface area contributed by atoms with Gasteiger partial charge in [-0.25, -0.2) is 8.42 Å². The van der Waals surface area contributed by atoms with E-state index in [-0.39, 0.29) is 29.4 Å². The molecule has 10 nitrogen and oxygen atoms in total. The second-order valence-corrected chi connectivity index (χ2v) is 13.4. The number of carbonyl (C=O) groups excluding carboxylic acids is 2. The van der Waals surface area contributed by atoms with Crippen LogP contribution in [0, 0.1) is 0 Å². The van der Waals surface area contributed by atoms with Gasteiger partial charge in [-0.3, -0.25) is 14.3 Å². The number of carbonyl (C=O) groups is 2. The van der Waals surface area contributed by atoms with E-state index in [2.05, 4.69) is 15.7 Å². The fraction of sp³-hybridized carbons (Fsp3) is 0.393. The van der Waals surface area contributed by atoms with Crippen LogP contribution in [0.2, 0.25) is 0 Å². The first-order valence-electron chi connectivity index (χ1n) is 13.0. The van der Waals surface area contributed by atoms with E-state index in [1.54, 1.807) is 44.2 Å². The molecule has 0 saturated carbocycles. The number of nitrogens with zero attached hydrogens (tertiary/aromatic N) is 2. The zero-order valence-corrected chi connectivity index (χ0v) is 23.8. The third-order valence-electron chi connectivity index (χ3n) is 7.28. The van der Waals surface area contributed by atoms with Crippen LogP contribution in [0.1, 0.15) is 47.4 Å². The van der Waals surface area contributed by atoms with Crippen molar-refractivity contribution in [3.8, 4) is 17.0 Å². The second-order valence-electron chi connectivity index (χ2n) is 11.2. The number of ether oxygens (including phenoxy) is 1. The molecule has 0 saturated heterocycles. The van der Waals surface area contributed by atoms with E-state index < -0.39 is 51.3 Å². The van der Waals surface area contributed by atoms with Crippen LogP contribution < -0.4 is 15.4 Å². The Morgan fingerprint density at radius 2 is 1.88 bits per heavy atom. The summed E-state index contributed by atoms with van der Waals surface area (Å²) in [5.74, 6) is -2.13. The smallest absolute Gasteiger partial charge is 0.422 e. The fourth-order valence-electron chi connectivity index (χ4n) is 5.42. The van der Waals surface area contributed by atoms with Crippen molar-refractivity contribution >= 4 is 27.3 Å². The van der Waals surface area contributed by atoms with Crippen molar-refractivity contribution in [3.05, 3.63) is 64.8 Å². The molecule has 0 radical (unpaired) electrons. The maximum atomic E-state index is 13.6. The SMILES string of the molecule is CC(C)(O)c1ccc(-c2nn3c(c2NC(=O)CS(C)(=O)=O)C(=O)N[C@]2(CCc4cc(OCC(F)(F)F)ccc42)C3)cc1. The Balaban J connectivity index is 1.53. The highest BCUT2D eigenvalue weighted by Gasteiger charge is 2.46. The first-order valence-corrected chi connectivity index (χ1v) is 15.1. The summed E-state index contributed by atoms with van der Waals surface area (Å²) < 4.78 is 67.7. The van der Waals surface area contributed by atoms with Gasteiger partial charge in [0, 0.05) is 11.8 Å². The molecule has 2 aliphatic rings. The molecule has 1 aromatic heterocycles. The van der Waals surface area contributed by atoms with Crippen molar-refractivity contribution in [1.29, 1.82) is 0 Å². The molecule has 2 heterocycles. The van der Waals surface area contributed by atoms with Gasteiger partial charge in [-0.15, -0.1) is 0 Å². The van der Waals surface area contributed by atoms with Crippen LogP contribution in [0.15, 0.2) is 42.5 Å². The second kappa shape index (κ2) is 10.1. The average molecular weight is 607 g/mol. The van der Waals surface area contributed by atoms with Crippen LogP contribution in [0.25, 0.3) is 11.3 Å². The number of alkyl halides is 3. The number of fused-ring (bicyclic) bond motifs is 3. The van der Waals surface area contributed by atoms with Gasteiger partial charge < -0.3 is 20.5 Å². The average Bonchev–Trinajstić information content (AvgIpc) is 3.39. The number of anilines is 1. The molecule has 3 N–H and O–H groups in total. The van der Waals surface area contributed by atoms with Gasteiger partial charge in [0.05, 0.1) is 17.7 Å². The van der Waals surface area contributed by atoms with Gasteiger partial charge in [-0.1, -0.05) is 30.3 Å². The van der Waals surface area contributed by atoms with Crippen LogP contribution in [0.4, 0.5) is 18.9 Å². The molecule has 1 aliphatic heterocycles. The van der Waals surface area contributed by atoms with E-state index in [9.17, 15) is 36.3 Å². The number of amides is 2. The fourth-order valence-corrected chi connectivity index (χ4v) is 5.97. The van der Waals surface area contributed by atoms with Crippen LogP contribution >= 0.6 is 0 Å². The van der Waals surface area contributed by atoms with E-state index in [0.29, 0.717) is 24.0 Å². The maximum absolute atomic E-state index is 13.6. The lowest BCUT2D eigenvalue weighted by Gasteiger charge is -2.36. The molecule has 3 aromatic rings. The topological polar surface area (TPSA) is 140 Å². The number of aliphatic hydroxyl groups is 1. The summed E-state index contributed by atoms with van der Waals surface area (Å²) in [6.45, 7) is 1.99. The molecule has 5 rings (SSSR count). The molecule has 0 fully saturated rings. The minimum atomic E-state index is -4.48. The summed E-state index contributed by atoms with van der Waals surface area (Å²) in [4.78, 5) is 26.3. The molecule has 0 bridgehead atoms. The van der Waals surface area contributed by atoms with Crippen LogP contribution in [-0.2, 0) is 38.7 Å². The summed E-state index contributed by atoms with van der Waals surface area (Å²) >= 11 is 0. The minimum absolute atomic E-state index is 0.0302. The van der Waals surface area contributed by atoms with Crippen LogP contribution in [0.5, 0.6) is 5.75 Å². The Hall–Kier alpha value is -3.91. The zero-order chi connectivity index (χ0) is 30.7. The van der Waals surface area contributed by atoms with E-state index in [1.807, 2.05) is 0 Å². The third-order valence-corrected chi connectivity index (χ3v) is 8.06. The third kappa shape index (κ3) is 6.00. The van der Waals surface area contributed by atoms with E-state index in [4.69, 9.17) is 4.74 Å². The number of rotatable bonds is 7. The lowest BCUT2D eigenvalue weighted by Crippen LogP contribution is -2.52. The largest absolute Gasteiger partial charge is 0.484 e. The van der Waals surface area contributed by atoms with Gasteiger partial charge in [0.1, 0.15) is 22.9 Å². The van der Waals surface area contributed by atoms with Gasteiger partial charge in [-0.2, -0.15) is 18.3 Å². The van der Waals surface area contributed by atoms with Crippen molar-refractivity contribution in [2.45, 2.75) is 50.6 Å². The monoisotopic (exact) mass is 606 g/mol. The van der Waals surface area contributed by atoms with Gasteiger partial charge >= 0.3 is 6.18 Å². The van der Waals surface area contributed by atoms with E-state index in [1.165, 1.54) is 16.8 Å². The quantitative estimate of drug-likeness (QED) is 0.375. The highest BCUT2D eigenvalue weighted by atomic mass is 32.2. The summed E-state index contributed by atoms with van der Waals surface area (Å²) in [7, 11) is -3.67. The minimum Gasteiger partial charge on any atom is -0.484 e. The zero-order valence-electron chi connectivity index (χ0n) is 23.0. The Bertz CT molecular complexity index is 1680. The van der Waals surface area contributed by atoms with E-state index >= 15 is 0 Å². The molecule has 0 unspecified atom stereocenters. The first-order chi connectivity index (χ1) is 19.4. The summed E-state index contributed by atoms with van der Waals surface area (Å²) in [6, 6.07) is 11.3. The van der Waals surface area contributed by atoms with Crippen molar-refractivity contribution < 1.29 is 41.0 Å². The molecule has 14 heteroatoms. The Labute approximate surface area is 239 Å². The number of aryl methyl sites for hydroxylation is 1. The lowest BCUT2D eigenvalue weighted by atomic mass is 9.89. The summed E-state index contributed by atoms with van der Waals surface area (Å²) in [5, 5.41) is 20.6. The van der Waals surface area contributed by atoms with Gasteiger partial charge in [0.2, 0.25) is 5.91 Å². The van der Waals surface area contributed by atoms with Crippen LogP contribution in [0.3, 0.4) is 0 Å². The van der Waals surface area contributed by atoms with Crippen molar-refractivity contribution in [3.63, 3.8) is 0 Å². The van der Waals surface area contributed by atoms with Gasteiger partial charge in [0.15, 0.2) is 22.1 Å². The number of sulfone groups is 1. The Kier molecular flexibility index (Phi) is 7.13. The Morgan fingerprint density at radius 1 is 1.19 bits per heavy atom. The molecule has 2 aromatic carbocycles. The molecule has 1 spiro atoms. The van der Waals surface area contributed by atoms with Crippen molar-refractivity contribution in [2.24, 2.45) is 0 Å². The predicted octanol–water partition coefficient (Wildman–Crippen LogP) is 3.29. The van der Waals surface area contributed by atoms with E-state index in [0.717, 1.165) is 17.4 Å². The number of nitrogens with one attached hydrogen (secondary N) is 2. The molecule has 224 valence electrons. The number of halogens is 3. The highest BCUT2D eigenvalue weighted by molar-refractivity contribution is 7.91. The summed E-state index contributed by atoms with van der Waals surface area (Å²) in [6.07, 6.45) is -2.64. The lowest BCUT2D eigenvalue weighted by molar-refractivity contribution is -0.153. The molecular formula is C28H29F3N4O6S. The normalized spacial score (nSPS) is 18.4. The molecule has 42 heavy (non-hydrogen) atoms. The molecule has 1 atom stereocenters. The van der Waals surface area contributed by atoms with Crippen molar-refractivity contribution in [2.75, 3.05) is 23.9 Å². The van der Waals surface area contributed by atoms with Gasteiger partial charge in [0.25, 0.3) is 5.91 Å². The Morgan fingerprint density at radius 3 is 2.50 bits per heavy atom. The maximum Gasteiger partial charge on any atom is 0.422 e. The number of hydrogen-bond acceptors (Lipinski definition) is 7. The molecule has 1 aliphatic carbocycles. The predicted molar refractivity (Wildman–Crippen MR) is 147 cm³/mol. The number of benzene rings is 2. The first kappa shape index (κ1) is 29.6. The standard InChI is InChI=1S/C28H29F3N4O6S/c1-26(2,38)18-6-4-16(5-7-18)22-23(32-21(36)13-42(3,39)40)24-25(37)33-27(14-35(24)34-22)11-10-17-12-19(8-9-20(17)27)41-15-28(29,30)31/h4-9,12,38H,10-11,13-15H2,1-3H3,(H,32,36)(H,33,37)/t27-/m1/s1. The number of aromatic nitrogens is 2. The van der Waals surface area contributed by atoms with Crippen LogP contribution in [-0.4, -0.2) is 59.9 Å². The number of hydrogen-bond donors (Lipinski definition) is 3. The van der Waals surface area contributed by atoms with Gasteiger partial charge in [-0.05, 0) is 55.5 Å².